The second kappa shape index (κ2) is 5.31. The topological polar surface area (TPSA) is 30.9 Å². The second-order valence-electron chi connectivity index (χ2n) is 8.81. The van der Waals surface area contributed by atoms with E-state index >= 15 is 0 Å². The zero-order valence-electron chi connectivity index (χ0n) is 15.6. The van der Waals surface area contributed by atoms with Crippen LogP contribution in [0.1, 0.15) is 45.5 Å². The fourth-order valence-corrected chi connectivity index (χ4v) is 5.68. The van der Waals surface area contributed by atoms with Crippen LogP contribution in [0.4, 0.5) is 22.0 Å². The lowest BCUT2D eigenvalue weighted by Gasteiger charge is -2.40. The van der Waals surface area contributed by atoms with Crippen LogP contribution in [0, 0.1) is 45.8 Å². The Morgan fingerprint density at radius 3 is 2.29 bits per heavy atom. The summed E-state index contributed by atoms with van der Waals surface area (Å²) in [5.74, 6) is -9.32. The molecule has 0 N–H and O–H groups in total. The molecule has 0 saturated heterocycles. The van der Waals surface area contributed by atoms with Gasteiger partial charge in [-0.3, -0.25) is 0 Å². The number of halogens is 5. The van der Waals surface area contributed by atoms with Gasteiger partial charge in [-0.2, -0.15) is 8.78 Å². The van der Waals surface area contributed by atoms with Crippen molar-refractivity contribution < 1.29 is 31.3 Å². The molecule has 2 heterocycles. The van der Waals surface area contributed by atoms with Gasteiger partial charge in [0.05, 0.1) is 6.10 Å². The molecule has 2 bridgehead atoms. The van der Waals surface area contributed by atoms with Gasteiger partial charge in [0.2, 0.25) is 41.1 Å². The van der Waals surface area contributed by atoms with Crippen molar-refractivity contribution in [3.05, 3.63) is 41.2 Å². The Labute approximate surface area is 157 Å². The molecule has 9 heteroatoms. The van der Waals surface area contributed by atoms with E-state index in [0.717, 1.165) is 17.5 Å². The molecule has 0 radical (unpaired) electrons. The van der Waals surface area contributed by atoms with Crippen molar-refractivity contribution in [2.75, 3.05) is 0 Å². The molecule has 0 amide bonds. The number of ether oxygens (including phenoxy) is 1. The number of aromatic nitrogens is 3. The highest BCUT2D eigenvalue weighted by Gasteiger charge is 2.70. The summed E-state index contributed by atoms with van der Waals surface area (Å²) in [5.41, 5.74) is -1.15. The fourth-order valence-electron chi connectivity index (χ4n) is 5.68. The monoisotopic (exact) mass is 400 g/mol. The first-order valence-corrected chi connectivity index (χ1v) is 9.22. The Kier molecular flexibility index (Phi) is 3.42. The number of nitrogens with zero attached hydrogens (tertiary/aromatic N) is 3. The lowest BCUT2D eigenvalue weighted by molar-refractivity contribution is -0.756. The maximum absolute atomic E-state index is 14.2. The van der Waals surface area contributed by atoms with E-state index in [-0.39, 0.29) is 35.5 Å². The Bertz CT molecular complexity index is 990. The zero-order valence-corrected chi connectivity index (χ0v) is 15.6. The quantitative estimate of drug-likeness (QED) is 0.316. The van der Waals surface area contributed by atoms with E-state index in [1.54, 1.807) is 4.57 Å². The van der Waals surface area contributed by atoms with Crippen LogP contribution in [-0.2, 0) is 11.3 Å². The number of fused-ring (bicyclic) bond motifs is 7. The Hall–Kier alpha value is -2.03. The standard InChI is InChI=1S/C19H19F5N3O/c1-18(2)8-4-5-19(18,3)17-15(8)26-7-27(25-9(26)6-28-17)16-13(23)11(21)10(20)12(22)14(16)24/h7-8,15,17H,4-6H2,1-3H3/q+1/t8?,15?,17?,19-/m1/s1. The summed E-state index contributed by atoms with van der Waals surface area (Å²) in [5, 5.41) is 4.09. The molecule has 2 saturated carbocycles. The van der Waals surface area contributed by atoms with E-state index in [4.69, 9.17) is 4.74 Å². The molecular weight excluding hydrogens is 381 g/mol. The predicted octanol–water partition coefficient (Wildman–Crippen LogP) is 3.75. The second-order valence-corrected chi connectivity index (χ2v) is 8.81. The summed E-state index contributed by atoms with van der Waals surface area (Å²) >= 11 is 0. The minimum atomic E-state index is -2.19. The van der Waals surface area contributed by atoms with Crippen molar-refractivity contribution >= 4 is 0 Å². The van der Waals surface area contributed by atoms with Gasteiger partial charge in [-0.1, -0.05) is 25.5 Å². The third kappa shape index (κ3) is 1.88. The minimum absolute atomic E-state index is 0.0103. The third-order valence-electron chi connectivity index (χ3n) is 7.61. The molecule has 2 aliphatic carbocycles. The highest BCUT2D eigenvalue weighted by molar-refractivity contribution is 5.36. The summed E-state index contributed by atoms with van der Waals surface area (Å²) in [6.07, 6.45) is 3.24. The summed E-state index contributed by atoms with van der Waals surface area (Å²) in [4.78, 5) is 0. The Morgan fingerprint density at radius 1 is 1.04 bits per heavy atom. The molecule has 1 aromatic carbocycles. The van der Waals surface area contributed by atoms with Crippen molar-refractivity contribution in [1.29, 1.82) is 0 Å². The van der Waals surface area contributed by atoms with Crippen LogP contribution in [0.25, 0.3) is 5.69 Å². The van der Waals surface area contributed by atoms with Crippen molar-refractivity contribution in [3.63, 3.8) is 0 Å². The number of benzene rings is 1. The van der Waals surface area contributed by atoms with Crippen LogP contribution < -0.4 is 4.57 Å². The molecule has 5 rings (SSSR count). The molecule has 150 valence electrons. The highest BCUT2D eigenvalue weighted by Crippen LogP contribution is 2.69. The van der Waals surface area contributed by atoms with E-state index in [9.17, 15) is 22.0 Å². The van der Waals surface area contributed by atoms with Crippen molar-refractivity contribution in [3.8, 4) is 5.69 Å². The molecule has 2 aromatic rings. The molecule has 3 unspecified atom stereocenters. The summed E-state index contributed by atoms with van der Waals surface area (Å²) in [7, 11) is 0. The van der Waals surface area contributed by atoms with Crippen molar-refractivity contribution in [2.24, 2.45) is 16.7 Å². The van der Waals surface area contributed by atoms with E-state index in [2.05, 4.69) is 25.9 Å². The first kappa shape index (κ1) is 18.0. The largest absolute Gasteiger partial charge is 0.363 e. The first-order chi connectivity index (χ1) is 13.1. The van der Waals surface area contributed by atoms with Crippen LogP contribution in [-0.4, -0.2) is 15.9 Å². The van der Waals surface area contributed by atoms with Crippen LogP contribution >= 0.6 is 0 Å². The van der Waals surface area contributed by atoms with Crippen molar-refractivity contribution in [1.82, 2.24) is 9.78 Å². The van der Waals surface area contributed by atoms with E-state index < -0.39 is 34.8 Å². The van der Waals surface area contributed by atoms with Gasteiger partial charge in [0.25, 0.3) is 0 Å². The van der Waals surface area contributed by atoms with E-state index in [1.807, 2.05) is 0 Å². The van der Waals surface area contributed by atoms with Gasteiger partial charge in [0.15, 0.2) is 0 Å². The lowest BCUT2D eigenvalue weighted by atomic mass is 9.70. The van der Waals surface area contributed by atoms with Gasteiger partial charge in [0.1, 0.15) is 12.6 Å². The number of hydrogen-bond donors (Lipinski definition) is 0. The number of rotatable bonds is 1. The van der Waals surface area contributed by atoms with Gasteiger partial charge >= 0.3 is 5.82 Å². The van der Waals surface area contributed by atoms with Crippen LogP contribution in [0.2, 0.25) is 0 Å². The Balaban J connectivity index is 1.66. The molecule has 1 aliphatic heterocycles. The SMILES string of the molecule is CC1(C)C2CC[C@]1(C)C1OCc3nn(-c4c(F)c(F)c(F)c(F)c4F)c[n+]3C21. The number of hydrogen-bond acceptors (Lipinski definition) is 2. The van der Waals surface area contributed by atoms with E-state index in [0.29, 0.717) is 5.82 Å². The van der Waals surface area contributed by atoms with E-state index in [1.165, 1.54) is 6.33 Å². The first-order valence-electron chi connectivity index (χ1n) is 9.22. The van der Waals surface area contributed by atoms with Gasteiger partial charge in [-0.05, 0) is 18.3 Å². The van der Waals surface area contributed by atoms with Gasteiger partial charge < -0.3 is 4.74 Å². The molecular formula is C19H19F5N3O+. The predicted molar refractivity (Wildman–Crippen MR) is 85.8 cm³/mol. The summed E-state index contributed by atoms with van der Waals surface area (Å²) in [6, 6.07) is -0.0903. The molecule has 2 fully saturated rings. The van der Waals surface area contributed by atoms with Crippen LogP contribution in [0.5, 0.6) is 0 Å². The maximum Gasteiger partial charge on any atom is 0.304 e. The van der Waals surface area contributed by atoms with Crippen LogP contribution in [0.3, 0.4) is 0 Å². The third-order valence-corrected chi connectivity index (χ3v) is 7.61. The molecule has 4 atom stereocenters. The average molecular weight is 400 g/mol. The molecule has 4 nitrogen and oxygen atoms in total. The fraction of sp³-hybridized carbons (Fsp3) is 0.579. The summed E-state index contributed by atoms with van der Waals surface area (Å²) < 4.78 is 77.7. The molecule has 3 aliphatic rings. The maximum atomic E-state index is 14.2. The van der Waals surface area contributed by atoms with Gasteiger partial charge in [-0.25, -0.2) is 17.7 Å². The van der Waals surface area contributed by atoms with Gasteiger partial charge in [0, 0.05) is 16.4 Å². The lowest BCUT2D eigenvalue weighted by Crippen LogP contribution is -2.56. The van der Waals surface area contributed by atoms with Crippen molar-refractivity contribution in [2.45, 2.75) is 52.4 Å². The zero-order chi connectivity index (χ0) is 20.2. The minimum Gasteiger partial charge on any atom is -0.363 e. The Morgan fingerprint density at radius 2 is 1.64 bits per heavy atom. The highest BCUT2D eigenvalue weighted by atomic mass is 19.2. The molecule has 28 heavy (non-hydrogen) atoms. The summed E-state index contributed by atoms with van der Waals surface area (Å²) in [6.45, 7) is 6.70. The smallest absolute Gasteiger partial charge is 0.304 e. The van der Waals surface area contributed by atoms with Gasteiger partial charge in [-0.15, -0.1) is 0 Å². The average Bonchev–Trinajstić information content (AvgIpc) is 3.23. The molecule has 1 aromatic heterocycles. The molecule has 0 spiro atoms. The van der Waals surface area contributed by atoms with Crippen LogP contribution in [0.15, 0.2) is 6.33 Å². The normalized spacial score (nSPS) is 32.5.